The van der Waals surface area contributed by atoms with Crippen molar-refractivity contribution in [2.45, 2.75) is 39.3 Å². The van der Waals surface area contributed by atoms with Crippen LogP contribution in [0.25, 0.3) is 0 Å². The highest BCUT2D eigenvalue weighted by Gasteiger charge is 2.16. The van der Waals surface area contributed by atoms with Crippen molar-refractivity contribution >= 4 is 0 Å². The third kappa shape index (κ3) is 4.39. The van der Waals surface area contributed by atoms with E-state index < -0.39 is 0 Å². The molecular formula is C16H26NO3+. The van der Waals surface area contributed by atoms with E-state index in [0.717, 1.165) is 31.2 Å². The van der Waals surface area contributed by atoms with Gasteiger partial charge in [-0.2, -0.15) is 0 Å². The Morgan fingerprint density at radius 2 is 2.00 bits per heavy atom. The maximum absolute atomic E-state index is 5.65. The van der Waals surface area contributed by atoms with Crippen LogP contribution in [-0.4, -0.2) is 32.5 Å². The number of benzene rings is 1. The second kappa shape index (κ2) is 8.12. The molecule has 2 rings (SSSR count). The molecule has 20 heavy (non-hydrogen) atoms. The Balaban J connectivity index is 1.88. The summed E-state index contributed by atoms with van der Waals surface area (Å²) >= 11 is 0. The van der Waals surface area contributed by atoms with Gasteiger partial charge in [0.1, 0.15) is 19.2 Å². The minimum absolute atomic E-state index is 0.434. The lowest BCUT2D eigenvalue weighted by atomic mass is 10.2. The Hall–Kier alpha value is -1.26. The molecular weight excluding hydrogens is 254 g/mol. The highest BCUT2D eigenvalue weighted by atomic mass is 16.5. The molecule has 1 aromatic rings. The molecule has 1 atom stereocenters. The van der Waals surface area contributed by atoms with E-state index in [-0.39, 0.29) is 0 Å². The number of rotatable bonds is 8. The first-order chi connectivity index (χ1) is 9.83. The molecule has 1 heterocycles. The molecule has 1 aromatic carbocycles. The first-order valence-electron chi connectivity index (χ1n) is 7.65. The van der Waals surface area contributed by atoms with Gasteiger partial charge >= 0.3 is 0 Å². The van der Waals surface area contributed by atoms with E-state index in [4.69, 9.17) is 14.2 Å². The third-order valence-electron chi connectivity index (χ3n) is 3.44. The predicted molar refractivity (Wildman–Crippen MR) is 78.3 cm³/mol. The van der Waals surface area contributed by atoms with Crippen LogP contribution in [0.15, 0.2) is 18.2 Å². The zero-order valence-electron chi connectivity index (χ0n) is 12.6. The summed E-state index contributed by atoms with van der Waals surface area (Å²) in [5, 5.41) is 2.31. The lowest BCUT2D eigenvalue weighted by Gasteiger charge is -2.12. The maximum atomic E-state index is 5.65. The van der Waals surface area contributed by atoms with Gasteiger partial charge in [0.15, 0.2) is 11.5 Å². The minimum Gasteiger partial charge on any atom is -0.490 e. The number of ether oxygens (including phenoxy) is 3. The topological polar surface area (TPSA) is 44.3 Å². The van der Waals surface area contributed by atoms with Gasteiger partial charge in [-0.3, -0.25) is 0 Å². The summed E-state index contributed by atoms with van der Waals surface area (Å²) in [5.41, 5.74) is 1.26. The molecule has 0 saturated carbocycles. The summed E-state index contributed by atoms with van der Waals surface area (Å²) in [4.78, 5) is 0. The normalized spacial score (nSPS) is 18.2. The van der Waals surface area contributed by atoms with Crippen molar-refractivity contribution in [1.29, 1.82) is 0 Å². The Bertz CT molecular complexity index is 403. The van der Waals surface area contributed by atoms with Gasteiger partial charge < -0.3 is 19.5 Å². The maximum Gasteiger partial charge on any atom is 0.161 e. The highest BCUT2D eigenvalue weighted by molar-refractivity contribution is 5.42. The molecule has 0 aromatic heterocycles. The first kappa shape index (κ1) is 15.1. The summed E-state index contributed by atoms with van der Waals surface area (Å²) in [7, 11) is 0. The summed E-state index contributed by atoms with van der Waals surface area (Å²) in [6.45, 7) is 8.21. The molecule has 4 nitrogen and oxygen atoms in total. The van der Waals surface area contributed by atoms with Crippen molar-refractivity contribution in [3.05, 3.63) is 23.8 Å². The molecule has 112 valence electrons. The van der Waals surface area contributed by atoms with Crippen LogP contribution in [0, 0.1) is 0 Å². The van der Waals surface area contributed by atoms with E-state index >= 15 is 0 Å². The van der Waals surface area contributed by atoms with Gasteiger partial charge in [0, 0.05) is 12.2 Å². The summed E-state index contributed by atoms with van der Waals surface area (Å²) in [6, 6.07) is 6.20. The number of hydrogen-bond acceptors (Lipinski definition) is 3. The van der Waals surface area contributed by atoms with Crippen molar-refractivity contribution in [1.82, 2.24) is 0 Å². The Morgan fingerprint density at radius 3 is 2.70 bits per heavy atom. The summed E-state index contributed by atoms with van der Waals surface area (Å²) < 4.78 is 16.8. The molecule has 4 heteroatoms. The van der Waals surface area contributed by atoms with E-state index in [0.29, 0.717) is 19.3 Å². The molecule has 1 saturated heterocycles. The molecule has 1 aliphatic heterocycles. The summed E-state index contributed by atoms with van der Waals surface area (Å²) in [6.07, 6.45) is 2.84. The van der Waals surface area contributed by atoms with Gasteiger partial charge in [-0.15, -0.1) is 0 Å². The quantitative estimate of drug-likeness (QED) is 0.788. The van der Waals surface area contributed by atoms with E-state index in [1.165, 1.54) is 18.4 Å². The molecule has 0 bridgehead atoms. The van der Waals surface area contributed by atoms with E-state index in [1.807, 2.05) is 19.9 Å². The highest BCUT2D eigenvalue weighted by Crippen LogP contribution is 2.28. The van der Waals surface area contributed by atoms with Gasteiger partial charge in [-0.1, -0.05) is 0 Å². The lowest BCUT2D eigenvalue weighted by molar-refractivity contribution is -0.676. The van der Waals surface area contributed by atoms with E-state index in [2.05, 4.69) is 17.4 Å². The van der Waals surface area contributed by atoms with Crippen molar-refractivity contribution in [2.24, 2.45) is 0 Å². The van der Waals surface area contributed by atoms with Crippen LogP contribution < -0.4 is 14.8 Å². The van der Waals surface area contributed by atoms with Crippen LogP contribution in [0.4, 0.5) is 0 Å². The van der Waals surface area contributed by atoms with Crippen LogP contribution >= 0.6 is 0 Å². The molecule has 0 unspecified atom stereocenters. The first-order valence-corrected chi connectivity index (χ1v) is 7.65. The van der Waals surface area contributed by atoms with Crippen molar-refractivity contribution in [2.75, 3.05) is 26.4 Å². The SMILES string of the molecule is CCOc1ccc(C[NH2+]C[C@H]2CCCO2)cc1OCC. The molecule has 0 radical (unpaired) electrons. The van der Waals surface area contributed by atoms with Gasteiger partial charge in [0.2, 0.25) is 0 Å². The van der Waals surface area contributed by atoms with Crippen LogP contribution in [0.2, 0.25) is 0 Å². The number of nitrogens with two attached hydrogens (primary N) is 1. The zero-order chi connectivity index (χ0) is 14.2. The fourth-order valence-electron chi connectivity index (χ4n) is 2.49. The second-order valence-electron chi connectivity index (χ2n) is 5.01. The van der Waals surface area contributed by atoms with E-state index in [1.54, 1.807) is 0 Å². The van der Waals surface area contributed by atoms with Gasteiger partial charge in [0.25, 0.3) is 0 Å². The number of hydrogen-bond donors (Lipinski definition) is 1. The number of quaternary nitrogens is 1. The van der Waals surface area contributed by atoms with Crippen molar-refractivity contribution in [3.63, 3.8) is 0 Å². The van der Waals surface area contributed by atoms with Crippen LogP contribution in [0.1, 0.15) is 32.3 Å². The zero-order valence-corrected chi connectivity index (χ0v) is 12.6. The molecule has 1 aliphatic rings. The fourth-order valence-corrected chi connectivity index (χ4v) is 2.49. The Kier molecular flexibility index (Phi) is 6.15. The monoisotopic (exact) mass is 280 g/mol. The molecule has 2 N–H and O–H groups in total. The van der Waals surface area contributed by atoms with Crippen LogP contribution in [0.3, 0.4) is 0 Å². The molecule has 0 aliphatic carbocycles. The van der Waals surface area contributed by atoms with Crippen molar-refractivity contribution < 1.29 is 19.5 Å². The predicted octanol–water partition coefficient (Wildman–Crippen LogP) is 1.73. The average molecular weight is 280 g/mol. The van der Waals surface area contributed by atoms with Crippen molar-refractivity contribution in [3.8, 4) is 11.5 Å². The van der Waals surface area contributed by atoms with Crippen LogP contribution in [-0.2, 0) is 11.3 Å². The van der Waals surface area contributed by atoms with Gasteiger partial charge in [-0.05, 0) is 44.9 Å². The second-order valence-corrected chi connectivity index (χ2v) is 5.01. The van der Waals surface area contributed by atoms with E-state index in [9.17, 15) is 0 Å². The van der Waals surface area contributed by atoms with Gasteiger partial charge in [-0.25, -0.2) is 0 Å². The molecule has 0 amide bonds. The van der Waals surface area contributed by atoms with Gasteiger partial charge in [0.05, 0.1) is 13.2 Å². The average Bonchev–Trinajstić information content (AvgIpc) is 2.95. The Morgan fingerprint density at radius 1 is 1.20 bits per heavy atom. The smallest absolute Gasteiger partial charge is 0.161 e. The summed E-state index contributed by atoms with van der Waals surface area (Å²) in [5.74, 6) is 1.68. The molecule has 0 spiro atoms. The largest absolute Gasteiger partial charge is 0.490 e. The molecule has 1 fully saturated rings. The third-order valence-corrected chi connectivity index (χ3v) is 3.44. The minimum atomic E-state index is 0.434. The van der Waals surface area contributed by atoms with Crippen LogP contribution in [0.5, 0.6) is 11.5 Å². The Labute approximate surface area is 121 Å². The standard InChI is InChI=1S/C16H25NO3/c1-3-18-15-8-7-13(10-16(15)19-4-2)11-17-12-14-6-5-9-20-14/h7-8,10,14,17H,3-6,9,11-12H2,1-2H3/p+1/t14-/m1/s1. The lowest BCUT2D eigenvalue weighted by Crippen LogP contribution is -2.84. The fraction of sp³-hybridized carbons (Fsp3) is 0.625.